The van der Waals surface area contributed by atoms with Crippen molar-refractivity contribution in [2.24, 2.45) is 0 Å². The van der Waals surface area contributed by atoms with Crippen LogP contribution in [0.4, 0.5) is 0 Å². The Morgan fingerprint density at radius 1 is 1.19 bits per heavy atom. The van der Waals surface area contributed by atoms with E-state index in [0.29, 0.717) is 0 Å². The minimum absolute atomic E-state index is 0.0784. The first kappa shape index (κ1) is 14.6. The summed E-state index contributed by atoms with van der Waals surface area (Å²) in [5.41, 5.74) is 0.661. The minimum Gasteiger partial charge on any atom is -0.493 e. The number of nitrogens with zero attached hydrogens (tertiary/aromatic N) is 1. The number of carbonyl (C=O) groups is 1. The fourth-order valence-corrected chi connectivity index (χ4v) is 1.76. The van der Waals surface area contributed by atoms with Crippen molar-refractivity contribution >= 4 is 5.97 Å². The van der Waals surface area contributed by atoms with Gasteiger partial charge in [-0.1, -0.05) is 30.3 Å². The van der Waals surface area contributed by atoms with Gasteiger partial charge in [-0.05, 0) is 5.56 Å². The van der Waals surface area contributed by atoms with Gasteiger partial charge in [-0.2, -0.15) is 0 Å². The Hall–Kier alpha value is -2.76. The van der Waals surface area contributed by atoms with Gasteiger partial charge < -0.3 is 19.3 Å². The molecule has 0 aliphatic heterocycles. The topological polar surface area (TPSA) is 77.9 Å². The lowest BCUT2D eigenvalue weighted by Crippen LogP contribution is -2.08. The molecule has 0 amide bonds. The third-order valence-corrected chi connectivity index (χ3v) is 2.77. The molecule has 2 rings (SSSR count). The van der Waals surface area contributed by atoms with Crippen molar-refractivity contribution in [1.82, 2.24) is 4.98 Å². The summed E-state index contributed by atoms with van der Waals surface area (Å²) in [7, 11) is 2.83. The second kappa shape index (κ2) is 6.60. The highest BCUT2D eigenvalue weighted by molar-refractivity contribution is 5.90. The summed E-state index contributed by atoms with van der Waals surface area (Å²) in [5, 5.41) is 9.25. The molecule has 6 heteroatoms. The van der Waals surface area contributed by atoms with Gasteiger partial charge >= 0.3 is 5.97 Å². The molecule has 110 valence electrons. The van der Waals surface area contributed by atoms with Crippen molar-refractivity contribution in [2.45, 2.75) is 6.61 Å². The molecule has 0 spiro atoms. The van der Waals surface area contributed by atoms with E-state index < -0.39 is 5.97 Å². The lowest BCUT2D eigenvalue weighted by Gasteiger charge is -2.14. The monoisotopic (exact) mass is 289 g/mol. The molecule has 0 saturated carbocycles. The molecule has 0 aliphatic rings. The number of carboxylic acids is 1. The van der Waals surface area contributed by atoms with Crippen LogP contribution in [0.1, 0.15) is 16.1 Å². The van der Waals surface area contributed by atoms with Crippen molar-refractivity contribution in [3.8, 4) is 17.4 Å². The van der Waals surface area contributed by atoms with E-state index >= 15 is 0 Å². The summed E-state index contributed by atoms with van der Waals surface area (Å²) in [5.74, 6) is -0.726. The Kier molecular flexibility index (Phi) is 4.61. The Labute approximate surface area is 121 Å². The number of rotatable bonds is 6. The molecular weight excluding hydrogens is 274 g/mol. The number of hydrogen-bond acceptors (Lipinski definition) is 5. The molecule has 2 aromatic rings. The van der Waals surface area contributed by atoms with Gasteiger partial charge in [-0.15, -0.1) is 0 Å². The average molecular weight is 289 g/mol. The van der Waals surface area contributed by atoms with Crippen LogP contribution in [0.3, 0.4) is 0 Å². The van der Waals surface area contributed by atoms with Crippen LogP contribution in [-0.4, -0.2) is 30.3 Å². The van der Waals surface area contributed by atoms with Gasteiger partial charge in [0.1, 0.15) is 6.61 Å². The molecule has 0 unspecified atom stereocenters. The third kappa shape index (κ3) is 3.42. The third-order valence-electron chi connectivity index (χ3n) is 2.77. The van der Waals surface area contributed by atoms with E-state index in [0.717, 1.165) is 5.56 Å². The van der Waals surface area contributed by atoms with Crippen molar-refractivity contribution in [3.05, 3.63) is 47.7 Å². The summed E-state index contributed by atoms with van der Waals surface area (Å²) in [6.45, 7) is 0.214. The number of hydrogen-bond donors (Lipinski definition) is 1. The fourth-order valence-electron chi connectivity index (χ4n) is 1.76. The number of aromatic nitrogens is 1. The van der Waals surface area contributed by atoms with Gasteiger partial charge in [0.15, 0.2) is 17.2 Å². The Morgan fingerprint density at radius 2 is 1.90 bits per heavy atom. The smallest absolute Gasteiger partial charge is 0.358 e. The van der Waals surface area contributed by atoms with Crippen LogP contribution < -0.4 is 14.2 Å². The zero-order valence-electron chi connectivity index (χ0n) is 11.7. The standard InChI is InChI=1S/C15H15NO5/c1-19-11-8-12(20-2)16-13(15(17)18)14(11)21-9-10-6-4-3-5-7-10/h3-8H,9H2,1-2H3,(H,17,18). The maximum Gasteiger partial charge on any atom is 0.358 e. The fraction of sp³-hybridized carbons (Fsp3) is 0.200. The molecule has 1 N–H and O–H groups in total. The molecule has 1 heterocycles. The minimum atomic E-state index is -1.21. The largest absolute Gasteiger partial charge is 0.493 e. The van der Waals surface area contributed by atoms with Crippen molar-refractivity contribution in [1.29, 1.82) is 0 Å². The number of pyridine rings is 1. The maximum atomic E-state index is 11.3. The Morgan fingerprint density at radius 3 is 2.48 bits per heavy atom. The quantitative estimate of drug-likeness (QED) is 0.879. The predicted octanol–water partition coefficient (Wildman–Crippen LogP) is 2.38. The first-order chi connectivity index (χ1) is 10.2. The molecule has 0 saturated heterocycles. The molecule has 0 radical (unpaired) electrons. The highest BCUT2D eigenvalue weighted by Crippen LogP contribution is 2.34. The highest BCUT2D eigenvalue weighted by atomic mass is 16.5. The lowest BCUT2D eigenvalue weighted by atomic mass is 10.2. The van der Waals surface area contributed by atoms with Gasteiger partial charge in [0.05, 0.1) is 14.2 Å². The van der Waals surface area contributed by atoms with E-state index in [1.807, 2.05) is 30.3 Å². The van der Waals surface area contributed by atoms with E-state index in [4.69, 9.17) is 14.2 Å². The molecule has 0 aliphatic carbocycles. The van der Waals surface area contributed by atoms with Crippen molar-refractivity contribution in [3.63, 3.8) is 0 Å². The second-order valence-corrected chi connectivity index (χ2v) is 4.12. The highest BCUT2D eigenvalue weighted by Gasteiger charge is 2.21. The lowest BCUT2D eigenvalue weighted by molar-refractivity contribution is 0.0682. The van der Waals surface area contributed by atoms with Crippen LogP contribution in [0, 0.1) is 0 Å². The summed E-state index contributed by atoms with van der Waals surface area (Å²) in [6.07, 6.45) is 0. The summed E-state index contributed by atoms with van der Waals surface area (Å²) in [6, 6.07) is 10.9. The molecule has 1 aromatic heterocycles. The normalized spacial score (nSPS) is 10.0. The molecule has 0 fully saturated rings. The Balaban J connectivity index is 2.34. The second-order valence-electron chi connectivity index (χ2n) is 4.12. The predicted molar refractivity (Wildman–Crippen MR) is 75.1 cm³/mol. The first-order valence-electron chi connectivity index (χ1n) is 6.18. The van der Waals surface area contributed by atoms with E-state index in [2.05, 4.69) is 4.98 Å². The van der Waals surface area contributed by atoms with Gasteiger partial charge in [0, 0.05) is 6.07 Å². The van der Waals surface area contributed by atoms with Crippen molar-refractivity contribution in [2.75, 3.05) is 14.2 Å². The van der Waals surface area contributed by atoms with Crippen LogP contribution in [-0.2, 0) is 6.61 Å². The van der Waals surface area contributed by atoms with Crippen LogP contribution in [0.5, 0.6) is 17.4 Å². The van der Waals surface area contributed by atoms with E-state index in [1.54, 1.807) is 0 Å². The number of carboxylic acid groups (broad SMARTS) is 1. The SMILES string of the molecule is COc1cc(OC)c(OCc2ccccc2)c(C(=O)O)n1. The zero-order chi connectivity index (χ0) is 15.2. The summed E-state index contributed by atoms with van der Waals surface area (Å²) < 4.78 is 15.7. The number of aromatic carboxylic acids is 1. The van der Waals surface area contributed by atoms with E-state index in [9.17, 15) is 9.90 Å². The number of methoxy groups -OCH3 is 2. The van der Waals surface area contributed by atoms with Crippen LogP contribution >= 0.6 is 0 Å². The molecular formula is C15H15NO5. The van der Waals surface area contributed by atoms with E-state index in [-0.39, 0.29) is 29.7 Å². The maximum absolute atomic E-state index is 11.3. The number of ether oxygens (including phenoxy) is 3. The number of benzene rings is 1. The van der Waals surface area contributed by atoms with Gasteiger partial charge in [-0.25, -0.2) is 9.78 Å². The molecule has 21 heavy (non-hydrogen) atoms. The Bertz CT molecular complexity index is 627. The molecule has 0 bridgehead atoms. The van der Waals surface area contributed by atoms with Crippen LogP contribution in [0.25, 0.3) is 0 Å². The van der Waals surface area contributed by atoms with Gasteiger partial charge in [0.25, 0.3) is 0 Å². The first-order valence-corrected chi connectivity index (χ1v) is 6.18. The molecule has 0 atom stereocenters. The zero-order valence-corrected chi connectivity index (χ0v) is 11.7. The van der Waals surface area contributed by atoms with Crippen LogP contribution in [0.2, 0.25) is 0 Å². The summed E-state index contributed by atoms with van der Waals surface area (Å²) in [4.78, 5) is 15.2. The van der Waals surface area contributed by atoms with Crippen molar-refractivity contribution < 1.29 is 24.1 Å². The average Bonchev–Trinajstić information content (AvgIpc) is 2.52. The van der Waals surface area contributed by atoms with Gasteiger partial charge in [-0.3, -0.25) is 0 Å². The van der Waals surface area contributed by atoms with Gasteiger partial charge in [0.2, 0.25) is 5.88 Å². The van der Waals surface area contributed by atoms with E-state index in [1.165, 1.54) is 20.3 Å². The van der Waals surface area contributed by atoms with Crippen LogP contribution in [0.15, 0.2) is 36.4 Å². The molecule has 6 nitrogen and oxygen atoms in total. The summed E-state index contributed by atoms with van der Waals surface area (Å²) >= 11 is 0. The molecule has 1 aromatic carbocycles.